The maximum Gasteiger partial charge on any atom is 0.267 e. The number of benzene rings is 1. The largest absolute Gasteiger partial charge is 0.385 e. The van der Waals surface area contributed by atoms with Crippen molar-refractivity contribution in [3.63, 3.8) is 0 Å². The van der Waals surface area contributed by atoms with E-state index in [9.17, 15) is 8.42 Å². The van der Waals surface area contributed by atoms with E-state index < -0.39 is 10.0 Å². The topological polar surface area (TPSA) is 71.0 Å². The first-order valence-corrected chi connectivity index (χ1v) is 7.95. The van der Waals surface area contributed by atoms with Crippen LogP contribution in [0.4, 0.5) is 5.69 Å². The summed E-state index contributed by atoms with van der Waals surface area (Å²) >= 11 is 0. The van der Waals surface area contributed by atoms with Crippen molar-refractivity contribution in [1.82, 2.24) is 9.62 Å². The van der Waals surface area contributed by atoms with E-state index in [0.717, 1.165) is 13.0 Å². The Morgan fingerprint density at radius 2 is 2.10 bits per heavy atom. The predicted octanol–water partition coefficient (Wildman–Crippen LogP) is 0.977. The predicted molar refractivity (Wildman–Crippen MR) is 77.8 cm³/mol. The minimum Gasteiger partial charge on any atom is -0.385 e. The van der Waals surface area contributed by atoms with E-state index >= 15 is 0 Å². The quantitative estimate of drug-likeness (QED) is 0.762. The van der Waals surface area contributed by atoms with Crippen LogP contribution in [0.2, 0.25) is 0 Å². The number of hydrogen-bond acceptors (Lipinski definition) is 5. The lowest BCUT2D eigenvalue weighted by Gasteiger charge is -2.24. The first-order valence-electron chi connectivity index (χ1n) is 6.51. The van der Waals surface area contributed by atoms with Gasteiger partial charge in [0.05, 0.1) is 5.69 Å². The molecule has 0 spiro atoms. The number of hydrogen-bond donors (Lipinski definition) is 1. The van der Waals surface area contributed by atoms with E-state index in [1.54, 1.807) is 31.4 Å². The summed E-state index contributed by atoms with van der Waals surface area (Å²) in [6.45, 7) is 2.45. The monoisotopic (exact) mass is 297 g/mol. The van der Waals surface area contributed by atoms with Crippen molar-refractivity contribution in [2.24, 2.45) is 4.99 Å². The van der Waals surface area contributed by atoms with Gasteiger partial charge in [-0.05, 0) is 25.1 Å². The summed E-state index contributed by atoms with van der Waals surface area (Å²) in [7, 11) is -1.80. The molecular weight excluding hydrogens is 278 g/mol. The van der Waals surface area contributed by atoms with Gasteiger partial charge < -0.3 is 10.1 Å². The lowest BCUT2D eigenvalue weighted by Crippen LogP contribution is -2.37. The molecule has 0 aliphatic carbocycles. The van der Waals surface area contributed by atoms with Crippen LogP contribution in [0.1, 0.15) is 6.42 Å². The molecule has 0 atom stereocenters. The Labute approximate surface area is 119 Å². The molecule has 7 heteroatoms. The fraction of sp³-hybridized carbons (Fsp3) is 0.462. The van der Waals surface area contributed by atoms with Gasteiger partial charge in [0.2, 0.25) is 0 Å². The molecule has 0 saturated carbocycles. The smallest absolute Gasteiger partial charge is 0.267 e. The number of sulfonamides is 1. The van der Waals surface area contributed by atoms with Gasteiger partial charge in [0, 0.05) is 26.8 Å². The molecule has 1 aliphatic rings. The van der Waals surface area contributed by atoms with Gasteiger partial charge in [0.25, 0.3) is 10.0 Å². The van der Waals surface area contributed by atoms with Gasteiger partial charge in [-0.1, -0.05) is 12.1 Å². The van der Waals surface area contributed by atoms with Gasteiger partial charge in [-0.25, -0.2) is 13.4 Å². The normalized spacial score (nSPS) is 16.1. The number of methoxy groups -OCH3 is 1. The molecule has 0 amide bonds. The highest BCUT2D eigenvalue weighted by Gasteiger charge is 2.27. The van der Waals surface area contributed by atoms with Crippen LogP contribution in [0, 0.1) is 0 Å². The highest BCUT2D eigenvalue weighted by atomic mass is 32.2. The molecule has 0 unspecified atom stereocenters. The first-order chi connectivity index (χ1) is 9.66. The molecule has 110 valence electrons. The fourth-order valence-corrected chi connectivity index (χ4v) is 3.32. The van der Waals surface area contributed by atoms with Gasteiger partial charge in [0.1, 0.15) is 11.2 Å². The Kier molecular flexibility index (Phi) is 5.11. The van der Waals surface area contributed by atoms with Gasteiger partial charge in [-0.2, -0.15) is 0 Å². The van der Waals surface area contributed by atoms with E-state index in [2.05, 4.69) is 10.3 Å². The zero-order chi connectivity index (χ0) is 14.4. The van der Waals surface area contributed by atoms with Crippen LogP contribution in [0.3, 0.4) is 0 Å². The van der Waals surface area contributed by atoms with Crippen molar-refractivity contribution in [2.45, 2.75) is 11.3 Å². The molecule has 1 aliphatic heterocycles. The maximum absolute atomic E-state index is 12.4. The summed E-state index contributed by atoms with van der Waals surface area (Å²) in [5.41, 5.74) is 0.497. The highest BCUT2D eigenvalue weighted by molar-refractivity contribution is 7.89. The molecule has 0 aromatic heterocycles. The van der Waals surface area contributed by atoms with Gasteiger partial charge >= 0.3 is 0 Å². The molecule has 1 heterocycles. The summed E-state index contributed by atoms with van der Waals surface area (Å²) in [5.74, 6) is 0. The zero-order valence-corrected chi connectivity index (χ0v) is 12.3. The number of para-hydroxylation sites is 1. The minimum absolute atomic E-state index is 0.266. The molecule has 20 heavy (non-hydrogen) atoms. The van der Waals surface area contributed by atoms with Gasteiger partial charge in [-0.15, -0.1) is 0 Å². The molecule has 0 radical (unpaired) electrons. The van der Waals surface area contributed by atoms with Crippen LogP contribution >= 0.6 is 0 Å². The molecular formula is C13H19N3O3S. The van der Waals surface area contributed by atoms with Gasteiger partial charge in [0.15, 0.2) is 0 Å². The van der Waals surface area contributed by atoms with Crippen LogP contribution < -0.4 is 5.32 Å². The molecule has 0 saturated heterocycles. The molecule has 1 N–H and O–H groups in total. The van der Waals surface area contributed by atoms with Gasteiger partial charge in [-0.3, -0.25) is 4.31 Å². The Bertz CT molecular complexity index is 572. The van der Waals surface area contributed by atoms with E-state index in [-0.39, 0.29) is 4.90 Å². The van der Waals surface area contributed by atoms with E-state index in [1.165, 1.54) is 10.6 Å². The minimum atomic E-state index is -3.46. The van der Waals surface area contributed by atoms with E-state index in [1.807, 2.05) is 0 Å². The summed E-state index contributed by atoms with van der Waals surface area (Å²) in [4.78, 5) is 4.44. The third kappa shape index (κ3) is 3.36. The molecule has 0 fully saturated rings. The number of nitrogens with one attached hydrogen (secondary N) is 1. The first kappa shape index (κ1) is 15.0. The van der Waals surface area contributed by atoms with Crippen molar-refractivity contribution >= 4 is 22.0 Å². The molecule has 1 aromatic carbocycles. The summed E-state index contributed by atoms with van der Waals surface area (Å²) in [6, 6.07) is 6.76. The lowest BCUT2D eigenvalue weighted by atomic mass is 10.3. The second kappa shape index (κ2) is 6.83. The SMILES string of the molecule is COCCCNCCN1C=Nc2ccccc2S1(=O)=O. The van der Waals surface area contributed by atoms with Crippen LogP contribution in [0.15, 0.2) is 34.2 Å². The lowest BCUT2D eigenvalue weighted by molar-refractivity contribution is 0.194. The van der Waals surface area contributed by atoms with Crippen LogP contribution in [-0.2, 0) is 14.8 Å². The zero-order valence-electron chi connectivity index (χ0n) is 11.4. The summed E-state index contributed by atoms with van der Waals surface area (Å²) in [6.07, 6.45) is 2.29. The van der Waals surface area contributed by atoms with E-state index in [4.69, 9.17) is 4.74 Å². The maximum atomic E-state index is 12.4. The third-order valence-electron chi connectivity index (χ3n) is 2.99. The number of aliphatic imine (C=N–C) groups is 1. The molecule has 1 aromatic rings. The summed E-state index contributed by atoms with van der Waals surface area (Å²) < 4.78 is 30.9. The second-order valence-electron chi connectivity index (χ2n) is 4.42. The average molecular weight is 297 g/mol. The molecule has 0 bridgehead atoms. The van der Waals surface area contributed by atoms with Crippen molar-refractivity contribution < 1.29 is 13.2 Å². The Morgan fingerprint density at radius 1 is 1.30 bits per heavy atom. The Morgan fingerprint density at radius 3 is 2.90 bits per heavy atom. The van der Waals surface area contributed by atoms with Crippen molar-refractivity contribution in [3.05, 3.63) is 24.3 Å². The van der Waals surface area contributed by atoms with Crippen LogP contribution in [0.25, 0.3) is 0 Å². The van der Waals surface area contributed by atoms with Crippen LogP contribution in [0.5, 0.6) is 0 Å². The highest BCUT2D eigenvalue weighted by Crippen LogP contribution is 2.29. The fourth-order valence-electron chi connectivity index (χ4n) is 1.93. The Hall–Kier alpha value is -1.44. The average Bonchev–Trinajstić information content (AvgIpc) is 2.45. The van der Waals surface area contributed by atoms with Crippen molar-refractivity contribution in [2.75, 3.05) is 33.4 Å². The van der Waals surface area contributed by atoms with Crippen molar-refractivity contribution in [1.29, 1.82) is 0 Å². The van der Waals surface area contributed by atoms with Crippen molar-refractivity contribution in [3.8, 4) is 0 Å². The van der Waals surface area contributed by atoms with E-state index in [0.29, 0.717) is 25.4 Å². The molecule has 6 nitrogen and oxygen atoms in total. The number of fused-ring (bicyclic) bond motifs is 1. The Balaban J connectivity index is 1.92. The van der Waals surface area contributed by atoms with Crippen LogP contribution in [-0.4, -0.2) is 52.4 Å². The second-order valence-corrected chi connectivity index (χ2v) is 6.28. The number of rotatable bonds is 7. The number of ether oxygens (including phenoxy) is 1. The number of nitrogens with zero attached hydrogens (tertiary/aromatic N) is 2. The molecule has 2 rings (SSSR count). The standard InChI is InChI=1S/C13H19N3O3S/c1-19-10-4-7-14-8-9-16-11-15-12-5-2-3-6-13(12)20(16,17)18/h2-3,5-6,11,14H,4,7-10H2,1H3. The summed E-state index contributed by atoms with van der Waals surface area (Å²) in [5, 5.41) is 3.18. The third-order valence-corrected chi connectivity index (χ3v) is 4.78.